The molecule has 1 N–H and O–H groups in total. The minimum atomic E-state index is -0.721. The average molecular weight is 507 g/mol. The molecule has 0 aliphatic carbocycles. The Labute approximate surface area is 219 Å². The first-order valence-corrected chi connectivity index (χ1v) is 12.9. The zero-order valence-electron chi connectivity index (χ0n) is 22.9. The van der Waals surface area contributed by atoms with E-state index in [9.17, 15) is 9.59 Å². The first-order valence-electron chi connectivity index (χ1n) is 12.9. The number of ether oxygens (including phenoxy) is 2. The molecule has 0 spiro atoms. The van der Waals surface area contributed by atoms with Gasteiger partial charge in [0.05, 0.1) is 35.9 Å². The van der Waals surface area contributed by atoms with Gasteiger partial charge in [-0.05, 0) is 64.7 Å². The number of carbonyl (C=O) groups is 2. The van der Waals surface area contributed by atoms with Crippen molar-refractivity contribution in [2.24, 2.45) is 5.92 Å². The molecule has 8 nitrogen and oxygen atoms in total. The lowest BCUT2D eigenvalue weighted by atomic mass is 9.89. The summed E-state index contributed by atoms with van der Waals surface area (Å²) in [5.41, 5.74) is 2.03. The highest BCUT2D eigenvalue weighted by Gasteiger charge is 2.35. The van der Waals surface area contributed by atoms with E-state index in [4.69, 9.17) is 14.5 Å². The van der Waals surface area contributed by atoms with Crippen molar-refractivity contribution in [1.29, 1.82) is 0 Å². The molecule has 0 radical (unpaired) electrons. The molecule has 198 valence electrons. The largest absolute Gasteiger partial charge is 0.491 e. The van der Waals surface area contributed by atoms with Gasteiger partial charge >= 0.3 is 6.09 Å². The Morgan fingerprint density at radius 3 is 2.62 bits per heavy atom. The van der Waals surface area contributed by atoms with Gasteiger partial charge in [-0.3, -0.25) is 4.79 Å². The van der Waals surface area contributed by atoms with E-state index < -0.39 is 17.2 Å². The second-order valence-electron chi connectivity index (χ2n) is 11.5. The molecule has 0 bridgehead atoms. The zero-order chi connectivity index (χ0) is 27.0. The van der Waals surface area contributed by atoms with E-state index in [1.165, 1.54) is 0 Å². The molecule has 1 aliphatic rings. The van der Waals surface area contributed by atoms with Crippen molar-refractivity contribution in [2.45, 2.75) is 72.6 Å². The quantitative estimate of drug-likeness (QED) is 0.496. The summed E-state index contributed by atoms with van der Waals surface area (Å²) in [5, 5.41) is 3.28. The first-order chi connectivity index (χ1) is 17.4. The second-order valence-corrected chi connectivity index (χ2v) is 11.5. The van der Waals surface area contributed by atoms with Gasteiger partial charge in [0.1, 0.15) is 23.8 Å². The van der Waals surface area contributed by atoms with Gasteiger partial charge in [0.2, 0.25) is 0 Å². The molecule has 1 unspecified atom stereocenters. The van der Waals surface area contributed by atoms with Gasteiger partial charge in [-0.25, -0.2) is 9.78 Å². The molecule has 3 aromatic rings. The number of benzene rings is 1. The van der Waals surface area contributed by atoms with Crippen molar-refractivity contribution in [3.05, 3.63) is 65.2 Å². The first kappa shape index (κ1) is 26.5. The number of rotatable bonds is 5. The van der Waals surface area contributed by atoms with Gasteiger partial charge in [-0.2, -0.15) is 0 Å². The number of fused-ring (bicyclic) bond motifs is 2. The van der Waals surface area contributed by atoms with E-state index in [-0.39, 0.29) is 12.5 Å². The summed E-state index contributed by atoms with van der Waals surface area (Å²) in [6.07, 6.45) is 4.15. The summed E-state index contributed by atoms with van der Waals surface area (Å²) in [7, 11) is 0. The van der Waals surface area contributed by atoms with Gasteiger partial charge in [-0.1, -0.05) is 32.0 Å². The predicted molar refractivity (Wildman–Crippen MR) is 143 cm³/mol. The van der Waals surface area contributed by atoms with Crippen LogP contribution in [0.1, 0.15) is 75.3 Å². The number of imidazole rings is 1. The van der Waals surface area contributed by atoms with Crippen LogP contribution >= 0.6 is 0 Å². The normalized spacial score (nSPS) is 15.5. The van der Waals surface area contributed by atoms with Crippen molar-refractivity contribution in [2.75, 3.05) is 13.2 Å². The third kappa shape index (κ3) is 5.73. The SMILES string of the molecule is Cc1cccn2c(C(C)(CC(C)C)NC(=O)c3cccc4c3OCCN(C(=O)OC(C)(C)C)C4)ncc12. The molecule has 37 heavy (non-hydrogen) atoms. The van der Waals surface area contributed by atoms with Crippen LogP contribution in [0.4, 0.5) is 4.79 Å². The Bertz CT molecular complexity index is 1310. The number of pyridine rings is 1. The molecule has 0 saturated heterocycles. The van der Waals surface area contributed by atoms with Gasteiger partial charge < -0.3 is 24.1 Å². The highest BCUT2D eigenvalue weighted by molar-refractivity contribution is 5.98. The van der Waals surface area contributed by atoms with E-state index in [0.29, 0.717) is 36.7 Å². The maximum Gasteiger partial charge on any atom is 0.410 e. The van der Waals surface area contributed by atoms with Crippen LogP contribution in [-0.4, -0.2) is 45.0 Å². The number of hydrogen-bond acceptors (Lipinski definition) is 5. The monoisotopic (exact) mass is 506 g/mol. The molecule has 1 atom stereocenters. The van der Waals surface area contributed by atoms with Crippen molar-refractivity contribution in [1.82, 2.24) is 19.6 Å². The fourth-order valence-electron chi connectivity index (χ4n) is 4.99. The van der Waals surface area contributed by atoms with Crippen molar-refractivity contribution in [3.8, 4) is 5.75 Å². The Hall–Kier alpha value is -3.55. The summed E-state index contributed by atoms with van der Waals surface area (Å²) >= 11 is 0. The molecule has 4 rings (SSSR count). The highest BCUT2D eigenvalue weighted by atomic mass is 16.6. The minimum absolute atomic E-state index is 0.241. The molecular formula is C29H38N4O4. The van der Waals surface area contributed by atoms with Crippen LogP contribution in [0.2, 0.25) is 0 Å². The highest BCUT2D eigenvalue weighted by Crippen LogP contribution is 2.32. The van der Waals surface area contributed by atoms with E-state index in [2.05, 4.69) is 36.6 Å². The minimum Gasteiger partial charge on any atom is -0.491 e. The Balaban J connectivity index is 1.65. The standard InChI is InChI=1S/C29H38N4O4/c1-19(2)16-29(7,26-30-17-23-20(3)10-9-13-33(23)26)31-25(34)22-12-8-11-21-18-32(14-15-36-24(21)22)27(35)37-28(4,5)6/h8-13,17,19H,14-16,18H2,1-7H3,(H,31,34). The molecule has 0 fully saturated rings. The zero-order valence-corrected chi connectivity index (χ0v) is 22.9. The maximum atomic E-state index is 13.8. The van der Waals surface area contributed by atoms with E-state index >= 15 is 0 Å². The molecule has 2 amide bonds. The van der Waals surface area contributed by atoms with Crippen LogP contribution in [0, 0.1) is 12.8 Å². The molecule has 1 aliphatic heterocycles. The Morgan fingerprint density at radius 2 is 1.92 bits per heavy atom. The molecule has 3 heterocycles. The average Bonchev–Trinajstić information content (AvgIpc) is 3.11. The van der Waals surface area contributed by atoms with Crippen LogP contribution in [0.3, 0.4) is 0 Å². The second kappa shape index (κ2) is 10.1. The number of nitrogens with zero attached hydrogens (tertiary/aromatic N) is 3. The smallest absolute Gasteiger partial charge is 0.410 e. The third-order valence-electron chi connectivity index (χ3n) is 6.44. The summed E-state index contributed by atoms with van der Waals surface area (Å²) < 4.78 is 13.7. The van der Waals surface area contributed by atoms with E-state index in [1.807, 2.05) is 58.3 Å². The number of para-hydroxylation sites is 1. The summed E-state index contributed by atoms with van der Waals surface area (Å²) in [4.78, 5) is 32.9. The van der Waals surface area contributed by atoms with E-state index in [1.54, 1.807) is 11.0 Å². The van der Waals surface area contributed by atoms with Gasteiger partial charge in [0.15, 0.2) is 0 Å². The Morgan fingerprint density at radius 1 is 1.16 bits per heavy atom. The lowest BCUT2D eigenvalue weighted by Gasteiger charge is -2.32. The van der Waals surface area contributed by atoms with Gasteiger partial charge in [-0.15, -0.1) is 0 Å². The number of aryl methyl sites for hydroxylation is 1. The van der Waals surface area contributed by atoms with Crippen LogP contribution in [-0.2, 0) is 16.8 Å². The number of nitrogens with one attached hydrogen (secondary N) is 1. The van der Waals surface area contributed by atoms with Crippen molar-refractivity contribution >= 4 is 17.5 Å². The Kier molecular flexibility index (Phi) is 7.22. The van der Waals surface area contributed by atoms with Crippen molar-refractivity contribution < 1.29 is 19.1 Å². The fraction of sp³-hybridized carbons (Fsp3) is 0.483. The predicted octanol–water partition coefficient (Wildman–Crippen LogP) is 5.46. The van der Waals surface area contributed by atoms with Crippen LogP contribution in [0.5, 0.6) is 5.75 Å². The topological polar surface area (TPSA) is 85.2 Å². The third-order valence-corrected chi connectivity index (χ3v) is 6.44. The molecular weight excluding hydrogens is 468 g/mol. The molecule has 0 saturated carbocycles. The molecule has 2 aromatic heterocycles. The lowest BCUT2D eigenvalue weighted by molar-refractivity contribution is 0.0225. The fourth-order valence-corrected chi connectivity index (χ4v) is 4.99. The van der Waals surface area contributed by atoms with Crippen LogP contribution in [0.15, 0.2) is 42.7 Å². The van der Waals surface area contributed by atoms with E-state index in [0.717, 1.165) is 22.5 Å². The van der Waals surface area contributed by atoms with Gasteiger partial charge in [0.25, 0.3) is 5.91 Å². The molecule has 8 heteroatoms. The summed E-state index contributed by atoms with van der Waals surface area (Å²) in [5.74, 6) is 1.36. The number of aromatic nitrogens is 2. The summed E-state index contributed by atoms with van der Waals surface area (Å²) in [6, 6.07) is 9.51. The number of hydrogen-bond donors (Lipinski definition) is 1. The number of carbonyl (C=O) groups excluding carboxylic acids is 2. The van der Waals surface area contributed by atoms with Crippen molar-refractivity contribution in [3.63, 3.8) is 0 Å². The number of amides is 2. The maximum absolute atomic E-state index is 13.8. The van der Waals surface area contributed by atoms with Crippen LogP contribution < -0.4 is 10.1 Å². The summed E-state index contributed by atoms with van der Waals surface area (Å²) in [6.45, 7) is 14.8. The van der Waals surface area contributed by atoms with Gasteiger partial charge in [0, 0.05) is 11.8 Å². The van der Waals surface area contributed by atoms with Crippen LogP contribution in [0.25, 0.3) is 5.52 Å². The molecule has 1 aromatic carbocycles. The lowest BCUT2D eigenvalue weighted by Crippen LogP contribution is -2.46.